The zero-order chi connectivity index (χ0) is 48.2. The molecule has 6 rings (SSSR count). The number of nitrogens with one attached hydrogen (secondary N) is 3. The summed E-state index contributed by atoms with van der Waals surface area (Å²) in [6, 6.07) is 3.56. The molecule has 0 fully saturated rings. The summed E-state index contributed by atoms with van der Waals surface area (Å²) in [5.41, 5.74) is 4.79. The molecule has 348 valence electrons. The number of oxazole rings is 1. The summed E-state index contributed by atoms with van der Waals surface area (Å²) in [7, 11) is 0. The SMILES string of the molecule is CC(C)(C)C.CC(C)(C)C.CC(C)(C)C.CC(C)(C)C.CC(C)(C)C.CC(C)(C)C.c1c[nH]cn1.c1cn[nH]c1.c1cn[nH]n1.c1cnoc1.c1cocn1.c1cscn1. The lowest BCUT2D eigenvalue weighted by Gasteiger charge is -2.05. The van der Waals surface area contributed by atoms with Crippen LogP contribution in [0.5, 0.6) is 0 Å². The average molecular weight is 861 g/mol. The minimum Gasteiger partial charge on any atom is -0.452 e. The van der Waals surface area contributed by atoms with Gasteiger partial charge >= 0.3 is 0 Å². The Bertz CT molecular complexity index is 993. The van der Waals surface area contributed by atoms with Crippen molar-refractivity contribution in [2.24, 2.45) is 32.5 Å². The fourth-order valence-corrected chi connectivity index (χ4v) is 1.48. The Hall–Kier alpha value is -4.39. The van der Waals surface area contributed by atoms with E-state index in [1.54, 1.807) is 85.0 Å². The van der Waals surface area contributed by atoms with Crippen LogP contribution in [0.2, 0.25) is 0 Å². The molecule has 6 aromatic heterocycles. The molecule has 0 amide bonds. The highest BCUT2D eigenvalue weighted by Gasteiger charge is 1.98. The molecule has 0 aromatic carbocycles. The van der Waals surface area contributed by atoms with Gasteiger partial charge in [0.1, 0.15) is 12.5 Å². The van der Waals surface area contributed by atoms with Gasteiger partial charge in [-0.15, -0.1) is 11.3 Å². The van der Waals surface area contributed by atoms with Gasteiger partial charge in [-0.2, -0.15) is 20.5 Å². The molecule has 6 heterocycles. The second-order valence-corrected chi connectivity index (χ2v) is 23.0. The van der Waals surface area contributed by atoms with Crippen LogP contribution in [-0.2, 0) is 0 Å². The summed E-state index contributed by atoms with van der Waals surface area (Å²) in [6.07, 6.45) is 21.0. The van der Waals surface area contributed by atoms with Crippen LogP contribution in [0.1, 0.15) is 166 Å². The van der Waals surface area contributed by atoms with Crippen molar-refractivity contribution < 1.29 is 8.94 Å². The summed E-state index contributed by atoms with van der Waals surface area (Å²) in [5, 5.41) is 20.8. The Morgan fingerprint density at radius 2 is 0.900 bits per heavy atom. The maximum absolute atomic E-state index is 4.47. The average Bonchev–Trinajstić information content (AvgIpc) is 3.91. The Kier molecular flexibility index (Phi) is 46.4. The van der Waals surface area contributed by atoms with E-state index in [1.165, 1.54) is 18.9 Å². The van der Waals surface area contributed by atoms with Gasteiger partial charge in [-0.1, -0.05) is 171 Å². The summed E-state index contributed by atoms with van der Waals surface area (Å²) in [4.78, 5) is 13.7. The third-order valence-electron chi connectivity index (χ3n) is 2.18. The summed E-state index contributed by atoms with van der Waals surface area (Å²) < 4.78 is 8.81. The van der Waals surface area contributed by atoms with E-state index in [-0.39, 0.29) is 0 Å². The second-order valence-electron chi connectivity index (χ2n) is 22.2. The molecule has 0 spiro atoms. The zero-order valence-corrected chi connectivity index (χ0v) is 43.5. The van der Waals surface area contributed by atoms with Gasteiger partial charge < -0.3 is 13.9 Å². The van der Waals surface area contributed by atoms with Gasteiger partial charge in [-0.3, -0.25) is 10.1 Å². The molecule has 0 atom stereocenters. The number of rotatable bonds is 0. The Morgan fingerprint density at radius 3 is 1.00 bits per heavy atom. The van der Waals surface area contributed by atoms with Gasteiger partial charge in [0.05, 0.1) is 36.6 Å². The van der Waals surface area contributed by atoms with Crippen LogP contribution >= 0.6 is 11.3 Å². The van der Waals surface area contributed by atoms with Crippen LogP contribution in [-0.4, -0.2) is 50.7 Å². The lowest BCUT2D eigenvalue weighted by molar-refractivity contribution is 0.420. The van der Waals surface area contributed by atoms with Crippen molar-refractivity contribution in [2.75, 3.05) is 0 Å². The van der Waals surface area contributed by atoms with E-state index in [0.29, 0.717) is 32.5 Å². The topological polar surface area (TPSA) is 164 Å². The van der Waals surface area contributed by atoms with E-state index < -0.39 is 0 Å². The first-order chi connectivity index (χ1) is 27.0. The van der Waals surface area contributed by atoms with Crippen molar-refractivity contribution in [2.45, 2.75) is 166 Å². The fourth-order valence-electron chi connectivity index (χ4n) is 1.12. The molecule has 0 aliphatic carbocycles. The molecule has 3 N–H and O–H groups in total. The minimum absolute atomic E-state index is 0.500. The van der Waals surface area contributed by atoms with Gasteiger partial charge in [-0.05, 0) is 44.6 Å². The minimum atomic E-state index is 0.500. The van der Waals surface area contributed by atoms with Crippen LogP contribution in [0.15, 0.2) is 113 Å². The summed E-state index contributed by atoms with van der Waals surface area (Å²) >= 11 is 1.60. The first kappa shape index (κ1) is 67.4. The molecule has 0 saturated carbocycles. The maximum atomic E-state index is 4.47. The number of hydrogen-bond acceptors (Lipinski definition) is 10. The van der Waals surface area contributed by atoms with Crippen molar-refractivity contribution in [1.29, 1.82) is 0 Å². The number of imidazole rings is 1. The van der Waals surface area contributed by atoms with Gasteiger partial charge in [0.25, 0.3) is 0 Å². The Balaban J connectivity index is -0.000000133. The molecule has 6 aromatic rings. The van der Waals surface area contributed by atoms with E-state index in [4.69, 9.17) is 0 Å². The molecule has 0 saturated heterocycles. The highest BCUT2D eigenvalue weighted by Crippen LogP contribution is 2.10. The quantitative estimate of drug-likeness (QED) is 0.135. The summed E-state index contributed by atoms with van der Waals surface area (Å²) in [5.74, 6) is 0. The summed E-state index contributed by atoms with van der Waals surface area (Å²) in [6.45, 7) is 52.5. The number of thiazole rings is 1. The van der Waals surface area contributed by atoms with Crippen LogP contribution in [0, 0.1) is 32.5 Å². The van der Waals surface area contributed by atoms with Crippen molar-refractivity contribution >= 4 is 11.3 Å². The van der Waals surface area contributed by atoms with Gasteiger partial charge in [-0.25, -0.2) is 9.97 Å². The number of hydrogen-bond donors (Lipinski definition) is 3. The Morgan fingerprint density at radius 1 is 0.433 bits per heavy atom. The molecular weight excluding hydrogens is 769 g/mol. The second kappa shape index (κ2) is 41.3. The third kappa shape index (κ3) is 226. The van der Waals surface area contributed by atoms with Crippen LogP contribution in [0.4, 0.5) is 0 Å². The molecule has 0 unspecified atom stereocenters. The molecule has 0 radical (unpaired) electrons. The Labute approximate surface area is 372 Å². The molecule has 0 aliphatic heterocycles. The van der Waals surface area contributed by atoms with E-state index in [1.807, 2.05) is 11.4 Å². The maximum Gasteiger partial charge on any atom is 0.180 e. The number of aromatic amines is 3. The van der Waals surface area contributed by atoms with E-state index in [0.717, 1.165) is 0 Å². The van der Waals surface area contributed by atoms with Crippen molar-refractivity contribution in [3.63, 3.8) is 0 Å². The molecule has 0 aliphatic rings. The van der Waals surface area contributed by atoms with E-state index >= 15 is 0 Å². The first-order valence-corrected chi connectivity index (χ1v) is 21.1. The molecule has 12 nitrogen and oxygen atoms in total. The molecule has 60 heavy (non-hydrogen) atoms. The lowest BCUT2D eigenvalue weighted by Crippen LogP contribution is -1.93. The van der Waals surface area contributed by atoms with Gasteiger partial charge in [0.15, 0.2) is 6.39 Å². The number of aromatic nitrogens is 10. The number of nitrogens with zero attached hydrogens (tertiary/aromatic N) is 7. The standard InChI is InChI=1S/6C5H12.2C3H4N2.2C3H3NO.C3H3NS.C2H3N3/c6*1-5(2,3)4;1-2-5-3-4-1;1-2-4-5-3-1;1-2-5-3-4-1;1-2-4-5-3-1;1-2-5-3-4-1;1-2-4-5-3-1/h6*1-4H3;2*1-3H,(H,4,5);3*1-3H;1-2H,(H,3,4,5). The monoisotopic (exact) mass is 861 g/mol. The van der Waals surface area contributed by atoms with Crippen LogP contribution < -0.4 is 0 Å². The normalized spacial score (nSPS) is 10.0. The van der Waals surface area contributed by atoms with Crippen molar-refractivity contribution in [1.82, 2.24) is 50.7 Å². The third-order valence-corrected chi connectivity index (χ3v) is 2.71. The first-order valence-electron chi connectivity index (χ1n) is 20.1. The highest BCUT2D eigenvalue weighted by molar-refractivity contribution is 7.07. The highest BCUT2D eigenvalue weighted by atomic mass is 32.1. The van der Waals surface area contributed by atoms with Crippen LogP contribution in [0.25, 0.3) is 0 Å². The fraction of sp³-hybridized carbons (Fsp3) is 0.638. The predicted molar refractivity (Wildman–Crippen MR) is 259 cm³/mol. The molecule has 0 bridgehead atoms. The lowest BCUT2D eigenvalue weighted by atomic mass is 10.0. The number of H-pyrrole nitrogens is 3. The van der Waals surface area contributed by atoms with Gasteiger partial charge in [0, 0.05) is 36.4 Å². The van der Waals surface area contributed by atoms with E-state index in [9.17, 15) is 0 Å². The van der Waals surface area contributed by atoms with E-state index in [2.05, 4.69) is 226 Å². The molecular formula is C47H92N10O2S. The largest absolute Gasteiger partial charge is 0.452 e. The van der Waals surface area contributed by atoms with Crippen LogP contribution in [0.3, 0.4) is 0 Å². The predicted octanol–water partition coefficient (Wildman–Crippen LogP) is 15.4. The van der Waals surface area contributed by atoms with Crippen molar-refractivity contribution in [3.8, 4) is 0 Å². The smallest absolute Gasteiger partial charge is 0.180 e. The van der Waals surface area contributed by atoms with Crippen molar-refractivity contribution in [3.05, 3.63) is 104 Å². The zero-order valence-electron chi connectivity index (χ0n) is 42.7. The molecule has 13 heteroatoms. The van der Waals surface area contributed by atoms with Gasteiger partial charge in [0.2, 0.25) is 0 Å².